The van der Waals surface area contributed by atoms with Gasteiger partial charge in [-0.25, -0.2) is 0 Å². The van der Waals surface area contributed by atoms with Crippen molar-refractivity contribution in [2.45, 2.75) is 60.0 Å². The fraction of sp³-hybridized carbons (Fsp3) is 0.600. The van der Waals surface area contributed by atoms with Crippen molar-refractivity contribution in [3.05, 3.63) is 27.8 Å². The summed E-state index contributed by atoms with van der Waals surface area (Å²) < 4.78 is 16.3. The molecule has 0 spiro atoms. The molecule has 1 aromatic rings. The summed E-state index contributed by atoms with van der Waals surface area (Å²) in [5.74, 6) is 0.191. The van der Waals surface area contributed by atoms with Crippen LogP contribution in [0.15, 0.2) is 12.1 Å². The zero-order chi connectivity index (χ0) is 21.5. The quantitative estimate of drug-likeness (QED) is 0.250. The van der Waals surface area contributed by atoms with E-state index in [0.717, 1.165) is 0 Å². The molecule has 0 amide bonds. The molecule has 0 saturated carbocycles. The van der Waals surface area contributed by atoms with Gasteiger partial charge < -0.3 is 19.0 Å². The molecule has 0 aromatic heterocycles. The molecule has 0 N–H and O–H groups in total. The van der Waals surface area contributed by atoms with Crippen LogP contribution >= 0.6 is 0 Å². The summed E-state index contributed by atoms with van der Waals surface area (Å²) in [5, 5.41) is 11.5. The summed E-state index contributed by atoms with van der Waals surface area (Å²) in [6, 6.07) is 2.74. The second kappa shape index (κ2) is 10.1. The molecule has 0 fully saturated rings. The Morgan fingerprint density at radius 1 is 1.18 bits per heavy atom. The lowest BCUT2D eigenvalue weighted by Crippen LogP contribution is -2.24. The van der Waals surface area contributed by atoms with E-state index in [2.05, 4.69) is 0 Å². The van der Waals surface area contributed by atoms with Gasteiger partial charge in [-0.1, -0.05) is 0 Å². The minimum atomic E-state index is -0.828. The number of nitro benzene ring substituents is 1. The number of carbonyl (C=O) groups excluding carboxylic acids is 2. The maximum absolute atomic E-state index is 12.1. The van der Waals surface area contributed by atoms with Gasteiger partial charge in [0.25, 0.3) is 5.69 Å². The summed E-state index contributed by atoms with van der Waals surface area (Å²) >= 11 is 0. The number of unbranched alkanes of at least 4 members (excludes halogenated alkanes) is 1. The fourth-order valence-corrected chi connectivity index (χ4v) is 2.38. The fourth-order valence-electron chi connectivity index (χ4n) is 2.38. The number of Topliss-reactive ketones (excluding diaryl/α,β-unsaturated/α-hetero) is 1. The number of hydrogen-bond acceptors (Lipinski definition) is 7. The molecule has 0 bridgehead atoms. The number of rotatable bonds is 10. The third kappa shape index (κ3) is 6.83. The molecule has 8 nitrogen and oxygen atoms in total. The number of carbonyl (C=O) groups is 2. The van der Waals surface area contributed by atoms with Crippen molar-refractivity contribution in [2.75, 3.05) is 13.7 Å². The zero-order valence-electron chi connectivity index (χ0n) is 17.4. The first kappa shape index (κ1) is 23.4. The first-order valence-corrected chi connectivity index (χ1v) is 9.17. The molecule has 0 aliphatic rings. The second-order valence-corrected chi connectivity index (χ2v) is 7.62. The molecule has 0 aliphatic heterocycles. The highest BCUT2D eigenvalue weighted by Crippen LogP contribution is 2.39. The Labute approximate surface area is 165 Å². The van der Waals surface area contributed by atoms with Crippen molar-refractivity contribution < 1.29 is 28.7 Å². The summed E-state index contributed by atoms with van der Waals surface area (Å²) in [6.45, 7) is 8.53. The minimum absolute atomic E-state index is 0.108. The van der Waals surface area contributed by atoms with Crippen LogP contribution in [0, 0.1) is 15.5 Å². The van der Waals surface area contributed by atoms with Crippen molar-refractivity contribution in [3.63, 3.8) is 0 Å². The van der Waals surface area contributed by atoms with Gasteiger partial charge in [0.1, 0.15) is 11.9 Å². The molecule has 0 saturated heterocycles. The first-order chi connectivity index (χ1) is 13.0. The van der Waals surface area contributed by atoms with E-state index in [1.54, 1.807) is 27.7 Å². The largest absolute Gasteiger partial charge is 0.493 e. The van der Waals surface area contributed by atoms with Crippen LogP contribution < -0.4 is 9.47 Å². The monoisotopic (exact) mass is 395 g/mol. The van der Waals surface area contributed by atoms with Crippen molar-refractivity contribution in [2.24, 2.45) is 5.41 Å². The molecule has 1 atom stereocenters. The molecule has 8 heteroatoms. The van der Waals surface area contributed by atoms with Gasteiger partial charge in [0.15, 0.2) is 11.5 Å². The number of ketones is 1. The smallest absolute Gasteiger partial charge is 0.311 e. The number of hydrogen-bond donors (Lipinski definition) is 0. The van der Waals surface area contributed by atoms with Gasteiger partial charge in [-0.15, -0.1) is 0 Å². The summed E-state index contributed by atoms with van der Waals surface area (Å²) in [7, 11) is 1.43. The van der Waals surface area contributed by atoms with Gasteiger partial charge in [-0.05, 0) is 53.5 Å². The third-order valence-electron chi connectivity index (χ3n) is 4.02. The Balaban J connectivity index is 3.04. The maximum Gasteiger partial charge on any atom is 0.311 e. The van der Waals surface area contributed by atoms with Crippen LogP contribution in [0.3, 0.4) is 0 Å². The van der Waals surface area contributed by atoms with Crippen molar-refractivity contribution in [1.82, 2.24) is 0 Å². The average molecular weight is 395 g/mol. The molecular weight excluding hydrogens is 366 g/mol. The van der Waals surface area contributed by atoms with E-state index in [1.165, 1.54) is 26.2 Å². The molecule has 1 rings (SSSR count). The van der Waals surface area contributed by atoms with Gasteiger partial charge in [-0.3, -0.25) is 14.9 Å². The third-order valence-corrected chi connectivity index (χ3v) is 4.02. The minimum Gasteiger partial charge on any atom is -0.493 e. The lowest BCUT2D eigenvalue weighted by Gasteiger charge is -2.22. The molecule has 0 radical (unpaired) electrons. The molecular formula is C20H29NO7. The van der Waals surface area contributed by atoms with E-state index in [1.807, 2.05) is 0 Å². The normalized spacial score (nSPS) is 12.2. The Hall–Kier alpha value is -2.64. The van der Waals surface area contributed by atoms with Gasteiger partial charge in [0.2, 0.25) is 0 Å². The highest BCUT2D eigenvalue weighted by Gasteiger charge is 2.30. The molecule has 0 heterocycles. The predicted molar refractivity (Wildman–Crippen MR) is 104 cm³/mol. The topological polar surface area (TPSA) is 105 Å². The van der Waals surface area contributed by atoms with Crippen LogP contribution in [0.1, 0.15) is 65.5 Å². The van der Waals surface area contributed by atoms with E-state index < -0.39 is 22.4 Å². The molecule has 1 unspecified atom stereocenters. The highest BCUT2D eigenvalue weighted by molar-refractivity contribution is 5.76. The van der Waals surface area contributed by atoms with Gasteiger partial charge >= 0.3 is 5.97 Å². The SMILES string of the molecule is COc1cc(C(C)OC(=O)C(C)(C)C)c([N+](=O)[O-])cc1OCCCCC(C)=O. The zero-order valence-corrected chi connectivity index (χ0v) is 17.4. The Kier molecular flexibility index (Phi) is 8.40. The average Bonchev–Trinajstić information content (AvgIpc) is 2.59. The maximum atomic E-state index is 12.1. The summed E-state index contributed by atoms with van der Waals surface area (Å²) in [5.41, 5.74) is -0.715. The van der Waals surface area contributed by atoms with Crippen molar-refractivity contribution in [1.29, 1.82) is 0 Å². The van der Waals surface area contributed by atoms with Gasteiger partial charge in [0, 0.05) is 6.42 Å². The van der Waals surface area contributed by atoms with E-state index in [9.17, 15) is 19.7 Å². The van der Waals surface area contributed by atoms with Crippen LogP contribution in [-0.4, -0.2) is 30.4 Å². The van der Waals surface area contributed by atoms with Crippen LogP contribution in [-0.2, 0) is 14.3 Å². The van der Waals surface area contributed by atoms with E-state index in [-0.39, 0.29) is 22.8 Å². The van der Waals surface area contributed by atoms with Crippen LogP contribution in [0.25, 0.3) is 0 Å². The van der Waals surface area contributed by atoms with Crippen molar-refractivity contribution in [3.8, 4) is 11.5 Å². The van der Waals surface area contributed by atoms with Crippen LogP contribution in [0.4, 0.5) is 5.69 Å². The predicted octanol–water partition coefficient (Wildman–Crippen LogP) is 4.39. The lowest BCUT2D eigenvalue weighted by atomic mass is 9.97. The molecule has 1 aromatic carbocycles. The van der Waals surface area contributed by atoms with Crippen molar-refractivity contribution >= 4 is 17.4 Å². The second-order valence-electron chi connectivity index (χ2n) is 7.62. The standard InChI is InChI=1S/C20H29NO7/c1-13(22)9-7-8-10-27-18-12-16(21(24)25)15(11-17(18)26-6)14(2)28-19(23)20(3,4)5/h11-12,14H,7-10H2,1-6H3. The number of benzene rings is 1. The van der Waals surface area contributed by atoms with E-state index in [4.69, 9.17) is 14.2 Å². The first-order valence-electron chi connectivity index (χ1n) is 9.17. The van der Waals surface area contributed by atoms with Gasteiger partial charge in [-0.2, -0.15) is 0 Å². The van der Waals surface area contributed by atoms with E-state index >= 15 is 0 Å². The molecule has 156 valence electrons. The van der Waals surface area contributed by atoms with Crippen LogP contribution in [0.5, 0.6) is 11.5 Å². The Morgan fingerprint density at radius 2 is 1.82 bits per heavy atom. The van der Waals surface area contributed by atoms with Crippen LogP contribution in [0.2, 0.25) is 0 Å². The number of ether oxygens (including phenoxy) is 3. The number of nitro groups is 1. The van der Waals surface area contributed by atoms with Gasteiger partial charge in [0.05, 0.1) is 35.7 Å². The Bertz CT molecular complexity index is 722. The highest BCUT2D eigenvalue weighted by atomic mass is 16.6. The molecule has 0 aliphatic carbocycles. The number of esters is 1. The summed E-state index contributed by atoms with van der Waals surface area (Å²) in [4.78, 5) is 34.1. The lowest BCUT2D eigenvalue weighted by molar-refractivity contribution is -0.386. The number of methoxy groups -OCH3 is 1. The molecule has 28 heavy (non-hydrogen) atoms. The number of nitrogens with zero attached hydrogens (tertiary/aromatic N) is 1. The summed E-state index contributed by atoms with van der Waals surface area (Å²) in [6.07, 6.45) is 0.955. The Morgan fingerprint density at radius 3 is 2.32 bits per heavy atom. The van der Waals surface area contributed by atoms with E-state index in [0.29, 0.717) is 31.6 Å².